The topological polar surface area (TPSA) is 94.2 Å². The average molecular weight is 340 g/mol. The maximum atomic E-state index is 12.3. The first-order chi connectivity index (χ1) is 10.4. The van der Waals surface area contributed by atoms with Crippen molar-refractivity contribution in [1.82, 2.24) is 9.55 Å². The number of hydrogen-bond acceptors (Lipinski definition) is 5. The molecule has 2 aromatic heterocycles. The molecule has 0 bridgehead atoms. The highest BCUT2D eigenvalue weighted by Crippen LogP contribution is 2.21. The maximum absolute atomic E-state index is 12.3. The summed E-state index contributed by atoms with van der Waals surface area (Å²) in [6, 6.07) is 7.28. The predicted molar refractivity (Wildman–Crippen MR) is 81.5 cm³/mol. The fourth-order valence-corrected chi connectivity index (χ4v) is 3.03. The summed E-state index contributed by atoms with van der Waals surface area (Å²) in [6.07, 6.45) is 1.16. The van der Waals surface area contributed by atoms with Crippen LogP contribution in [0.15, 0.2) is 50.6 Å². The zero-order valence-corrected chi connectivity index (χ0v) is 12.9. The van der Waals surface area contributed by atoms with Gasteiger partial charge in [0, 0.05) is 13.2 Å². The molecule has 0 radical (unpaired) electrons. The minimum Gasteiger partial charge on any atom is -0.408 e. The number of aryl methyl sites for hydroxylation is 1. The average Bonchev–Trinajstić information content (AvgIpc) is 2.74. The first-order valence-corrected chi connectivity index (χ1v) is 7.97. The van der Waals surface area contributed by atoms with E-state index < -0.39 is 15.8 Å². The monoisotopic (exact) mass is 339 g/mol. The highest BCUT2D eigenvalue weighted by Gasteiger charge is 2.16. The Kier molecular flexibility index (Phi) is 3.42. The van der Waals surface area contributed by atoms with Gasteiger partial charge in [0.1, 0.15) is 10.0 Å². The molecule has 0 aliphatic carbocycles. The predicted octanol–water partition coefficient (Wildman–Crippen LogP) is 1.98. The van der Waals surface area contributed by atoms with Crippen molar-refractivity contribution in [3.05, 3.63) is 52.2 Å². The lowest BCUT2D eigenvalue weighted by atomic mass is 10.3. The van der Waals surface area contributed by atoms with Crippen LogP contribution in [0.5, 0.6) is 0 Å². The van der Waals surface area contributed by atoms with Gasteiger partial charge in [-0.2, -0.15) is 0 Å². The zero-order valence-electron chi connectivity index (χ0n) is 11.3. The number of nitrogens with zero attached hydrogens (tertiary/aromatic N) is 2. The molecule has 7 nitrogen and oxygen atoms in total. The fraction of sp³-hybridized carbons (Fsp3) is 0.0769. The van der Waals surface area contributed by atoms with Gasteiger partial charge in [0.05, 0.1) is 11.2 Å². The molecule has 0 amide bonds. The number of halogens is 1. The van der Waals surface area contributed by atoms with Crippen LogP contribution in [0.2, 0.25) is 5.15 Å². The smallest absolute Gasteiger partial charge is 0.408 e. The number of benzene rings is 1. The number of nitrogens with one attached hydrogen (secondary N) is 1. The van der Waals surface area contributed by atoms with Gasteiger partial charge in [0.25, 0.3) is 10.0 Å². The summed E-state index contributed by atoms with van der Waals surface area (Å²) >= 11 is 5.64. The first-order valence-electron chi connectivity index (χ1n) is 6.11. The highest BCUT2D eigenvalue weighted by molar-refractivity contribution is 7.92. The normalized spacial score (nSPS) is 11.7. The van der Waals surface area contributed by atoms with Gasteiger partial charge >= 0.3 is 5.76 Å². The molecule has 3 rings (SSSR count). The van der Waals surface area contributed by atoms with E-state index >= 15 is 0 Å². The van der Waals surface area contributed by atoms with Crippen LogP contribution < -0.4 is 10.5 Å². The summed E-state index contributed by atoms with van der Waals surface area (Å²) in [7, 11) is -2.26. The molecule has 2 heterocycles. The van der Waals surface area contributed by atoms with Crippen molar-refractivity contribution in [3.63, 3.8) is 0 Å². The molecule has 22 heavy (non-hydrogen) atoms. The number of rotatable bonds is 3. The van der Waals surface area contributed by atoms with Crippen LogP contribution in [0, 0.1) is 0 Å². The molecule has 1 N–H and O–H groups in total. The van der Waals surface area contributed by atoms with E-state index in [0.717, 1.165) is 6.20 Å². The molecule has 0 atom stereocenters. The largest absolute Gasteiger partial charge is 0.419 e. The van der Waals surface area contributed by atoms with E-state index in [0.29, 0.717) is 16.8 Å². The van der Waals surface area contributed by atoms with Crippen molar-refractivity contribution >= 4 is 38.4 Å². The third-order valence-corrected chi connectivity index (χ3v) is 4.64. The zero-order chi connectivity index (χ0) is 15.9. The molecular weight excluding hydrogens is 330 g/mol. The van der Waals surface area contributed by atoms with Crippen LogP contribution in [-0.4, -0.2) is 18.0 Å². The van der Waals surface area contributed by atoms with Crippen LogP contribution in [0.1, 0.15) is 0 Å². The van der Waals surface area contributed by atoms with E-state index in [9.17, 15) is 13.2 Å². The van der Waals surface area contributed by atoms with Crippen molar-refractivity contribution in [1.29, 1.82) is 0 Å². The van der Waals surface area contributed by atoms with Gasteiger partial charge in [-0.1, -0.05) is 11.6 Å². The number of hydrogen-bond donors (Lipinski definition) is 1. The van der Waals surface area contributed by atoms with E-state index in [2.05, 4.69) is 9.71 Å². The second-order valence-corrected chi connectivity index (χ2v) is 6.60. The first kappa shape index (κ1) is 14.6. The van der Waals surface area contributed by atoms with Crippen LogP contribution in [0.4, 0.5) is 5.69 Å². The Morgan fingerprint density at radius 3 is 2.73 bits per heavy atom. The standard InChI is InChI=1S/C13H10ClN3O4S/c1-17-10-6-8(2-4-11(10)21-13(17)18)16-22(19,20)9-3-5-12(14)15-7-9/h2-7,16H,1H3. The Morgan fingerprint density at radius 1 is 1.27 bits per heavy atom. The lowest BCUT2D eigenvalue weighted by molar-refractivity contribution is 0.528. The molecule has 0 saturated carbocycles. The molecule has 3 aromatic rings. The van der Waals surface area contributed by atoms with E-state index in [-0.39, 0.29) is 10.0 Å². The number of sulfonamides is 1. The molecule has 0 fully saturated rings. The summed E-state index contributed by atoms with van der Waals surface area (Å²) in [6.45, 7) is 0. The van der Waals surface area contributed by atoms with E-state index in [1.54, 1.807) is 0 Å². The Balaban J connectivity index is 2.00. The van der Waals surface area contributed by atoms with Gasteiger partial charge < -0.3 is 4.42 Å². The molecular formula is C13H10ClN3O4S. The summed E-state index contributed by atoms with van der Waals surface area (Å²) < 4.78 is 33.2. The van der Waals surface area contributed by atoms with E-state index in [4.69, 9.17) is 16.0 Å². The number of oxazole rings is 1. The molecule has 0 spiro atoms. The molecule has 1 aromatic carbocycles. The Morgan fingerprint density at radius 2 is 2.05 bits per heavy atom. The maximum Gasteiger partial charge on any atom is 0.419 e. The van der Waals surface area contributed by atoms with Gasteiger partial charge in [0.2, 0.25) is 0 Å². The van der Waals surface area contributed by atoms with Crippen molar-refractivity contribution < 1.29 is 12.8 Å². The van der Waals surface area contributed by atoms with Gasteiger partial charge in [-0.3, -0.25) is 9.29 Å². The Bertz CT molecular complexity index is 1010. The minimum atomic E-state index is -3.79. The lowest BCUT2D eigenvalue weighted by Crippen LogP contribution is -2.13. The molecule has 114 valence electrons. The summed E-state index contributed by atoms with van der Waals surface area (Å²) in [4.78, 5) is 15.1. The van der Waals surface area contributed by atoms with Crippen molar-refractivity contribution in [2.75, 3.05) is 4.72 Å². The molecule has 9 heteroatoms. The molecule has 0 aliphatic rings. The van der Waals surface area contributed by atoms with E-state index in [1.165, 1.54) is 41.9 Å². The Labute approximate surface area is 130 Å². The number of fused-ring (bicyclic) bond motifs is 1. The van der Waals surface area contributed by atoms with Crippen LogP contribution >= 0.6 is 11.6 Å². The summed E-state index contributed by atoms with van der Waals surface area (Å²) in [5, 5.41) is 0.203. The minimum absolute atomic E-state index is 0.0157. The van der Waals surface area contributed by atoms with Crippen LogP contribution in [-0.2, 0) is 17.1 Å². The quantitative estimate of drug-likeness (QED) is 0.736. The highest BCUT2D eigenvalue weighted by atomic mass is 35.5. The fourth-order valence-electron chi connectivity index (χ4n) is 1.93. The Hall–Kier alpha value is -2.32. The van der Waals surface area contributed by atoms with Crippen molar-refractivity contribution in [2.45, 2.75) is 4.90 Å². The van der Waals surface area contributed by atoms with Crippen LogP contribution in [0.3, 0.4) is 0 Å². The number of pyridine rings is 1. The number of anilines is 1. The third kappa shape index (κ3) is 2.58. The van der Waals surface area contributed by atoms with Crippen molar-refractivity contribution in [3.8, 4) is 0 Å². The van der Waals surface area contributed by atoms with Gasteiger partial charge in [-0.15, -0.1) is 0 Å². The third-order valence-electron chi connectivity index (χ3n) is 3.05. The van der Waals surface area contributed by atoms with Gasteiger partial charge in [-0.25, -0.2) is 18.2 Å². The van der Waals surface area contributed by atoms with Crippen LogP contribution in [0.25, 0.3) is 11.1 Å². The second kappa shape index (κ2) is 5.15. The lowest BCUT2D eigenvalue weighted by Gasteiger charge is -2.07. The number of aromatic nitrogens is 2. The molecule has 0 unspecified atom stereocenters. The molecule has 0 aliphatic heterocycles. The summed E-state index contributed by atoms with van der Waals surface area (Å²) in [5.41, 5.74) is 1.17. The van der Waals surface area contributed by atoms with Crippen molar-refractivity contribution in [2.24, 2.45) is 7.05 Å². The van der Waals surface area contributed by atoms with Gasteiger partial charge in [0.15, 0.2) is 5.58 Å². The van der Waals surface area contributed by atoms with Gasteiger partial charge in [-0.05, 0) is 30.3 Å². The molecule has 0 saturated heterocycles. The second-order valence-electron chi connectivity index (χ2n) is 4.53. The van der Waals surface area contributed by atoms with E-state index in [1.807, 2.05) is 0 Å². The SMILES string of the molecule is Cn1c(=O)oc2ccc(NS(=O)(=O)c3ccc(Cl)nc3)cc21. The summed E-state index contributed by atoms with van der Waals surface area (Å²) in [5.74, 6) is -0.517.